The number of oxime groups is 2. The highest BCUT2D eigenvalue weighted by atomic mass is 16.6. The number of nitrogens with one attached hydrogen (secondary N) is 1. The minimum Gasteiger partial charge on any atom is -0.508 e. The van der Waals surface area contributed by atoms with Gasteiger partial charge in [-0.3, -0.25) is 4.79 Å². The van der Waals surface area contributed by atoms with E-state index < -0.39 is 0 Å². The molecule has 1 amide bonds. The highest BCUT2D eigenvalue weighted by Gasteiger charge is 2.17. The molecule has 2 rings (SSSR count). The molecule has 7 heteroatoms. The molecule has 136 valence electrons. The quantitative estimate of drug-likeness (QED) is 0.589. The Kier molecular flexibility index (Phi) is 6.73. The minimum absolute atomic E-state index is 0.145. The van der Waals surface area contributed by atoms with Gasteiger partial charge in [0.05, 0.1) is 5.71 Å². The highest BCUT2D eigenvalue weighted by Crippen LogP contribution is 2.14. The van der Waals surface area contributed by atoms with Gasteiger partial charge in [0, 0.05) is 23.7 Å². The van der Waals surface area contributed by atoms with Crippen molar-refractivity contribution < 1.29 is 19.6 Å². The average Bonchev–Trinajstić information content (AvgIpc) is 2.66. The zero-order valence-electron chi connectivity index (χ0n) is 14.9. The molecular weight excluding hydrogens is 334 g/mol. The maximum atomic E-state index is 12.0. The van der Waals surface area contributed by atoms with Crippen molar-refractivity contribution in [3.63, 3.8) is 0 Å². The number of aromatic hydroxyl groups is 1. The summed E-state index contributed by atoms with van der Waals surface area (Å²) in [5, 5.41) is 20.0. The molecule has 0 spiro atoms. The fraction of sp³-hybridized carbons (Fsp3) is 0.211. The normalized spacial score (nSPS) is 11.8. The Hall–Kier alpha value is -3.35. The van der Waals surface area contributed by atoms with Gasteiger partial charge in [0.2, 0.25) is 0 Å². The van der Waals surface area contributed by atoms with Crippen LogP contribution in [0.15, 0.2) is 58.8 Å². The predicted octanol–water partition coefficient (Wildman–Crippen LogP) is 2.43. The molecule has 0 aliphatic heterocycles. The number of hydrogen-bond donors (Lipinski definition) is 2. The number of likely N-dealkylation sites (N-methyl/N-ethyl adjacent to an activating group) is 1. The Morgan fingerprint density at radius 2 is 1.92 bits per heavy atom. The number of hydrogen-bond acceptors (Lipinski definition) is 6. The molecule has 7 nitrogen and oxygen atoms in total. The second-order valence-electron chi connectivity index (χ2n) is 5.36. The van der Waals surface area contributed by atoms with E-state index in [1.165, 1.54) is 14.2 Å². The van der Waals surface area contributed by atoms with Crippen LogP contribution in [0.25, 0.3) is 0 Å². The molecule has 0 saturated heterocycles. The third-order valence-corrected chi connectivity index (χ3v) is 3.58. The molecule has 0 aliphatic carbocycles. The zero-order valence-corrected chi connectivity index (χ0v) is 14.9. The number of phenols is 1. The summed E-state index contributed by atoms with van der Waals surface area (Å²) in [6.45, 7) is 1.93. The molecule has 0 aliphatic rings. The number of benzene rings is 2. The van der Waals surface area contributed by atoms with Gasteiger partial charge in [-0.2, -0.15) is 0 Å². The third kappa shape index (κ3) is 4.83. The van der Waals surface area contributed by atoms with E-state index in [9.17, 15) is 9.90 Å². The van der Waals surface area contributed by atoms with Crippen LogP contribution in [-0.4, -0.2) is 36.6 Å². The van der Waals surface area contributed by atoms with Crippen molar-refractivity contribution in [3.8, 4) is 5.75 Å². The molecular formula is C19H21N3O4. The summed E-state index contributed by atoms with van der Waals surface area (Å²) in [5.41, 5.74) is 2.86. The standard InChI is InChI=1S/C19H21N3O4/c1-13(14-8-6-9-16(23)11-14)21-26-12-15-7-4-5-10-17(15)18(22-25-3)19(24)20-2/h4-11,23H,12H2,1-3H3,(H,20,24)/b21-13+,22-18+. The summed E-state index contributed by atoms with van der Waals surface area (Å²) in [6.07, 6.45) is 0. The topological polar surface area (TPSA) is 92.5 Å². The van der Waals surface area contributed by atoms with Crippen molar-refractivity contribution >= 4 is 17.3 Å². The lowest BCUT2D eigenvalue weighted by molar-refractivity contribution is -0.114. The van der Waals surface area contributed by atoms with Crippen LogP contribution in [0.5, 0.6) is 5.75 Å². The fourth-order valence-electron chi connectivity index (χ4n) is 2.28. The van der Waals surface area contributed by atoms with E-state index in [1.54, 1.807) is 37.3 Å². The fourth-order valence-corrected chi connectivity index (χ4v) is 2.28. The second kappa shape index (κ2) is 9.22. The van der Waals surface area contributed by atoms with Gasteiger partial charge in [-0.15, -0.1) is 0 Å². The Labute approximate surface area is 151 Å². The molecule has 0 aromatic heterocycles. The van der Waals surface area contributed by atoms with Gasteiger partial charge in [-0.25, -0.2) is 0 Å². The maximum absolute atomic E-state index is 12.0. The van der Waals surface area contributed by atoms with Gasteiger partial charge in [-0.05, 0) is 19.1 Å². The van der Waals surface area contributed by atoms with Crippen molar-refractivity contribution in [1.29, 1.82) is 0 Å². The molecule has 0 radical (unpaired) electrons. The van der Waals surface area contributed by atoms with E-state index >= 15 is 0 Å². The average molecular weight is 355 g/mol. The number of phenolic OH excluding ortho intramolecular Hbond substituents is 1. The molecule has 2 aromatic rings. The monoisotopic (exact) mass is 355 g/mol. The van der Waals surface area contributed by atoms with E-state index in [2.05, 4.69) is 15.6 Å². The Bertz CT molecular complexity index is 831. The summed E-state index contributed by atoms with van der Waals surface area (Å²) < 4.78 is 0. The second-order valence-corrected chi connectivity index (χ2v) is 5.36. The summed E-state index contributed by atoms with van der Waals surface area (Å²) in [5.74, 6) is -0.202. The van der Waals surface area contributed by atoms with E-state index in [4.69, 9.17) is 9.68 Å². The summed E-state index contributed by atoms with van der Waals surface area (Å²) in [7, 11) is 2.90. The zero-order chi connectivity index (χ0) is 18.9. The van der Waals surface area contributed by atoms with Crippen LogP contribution >= 0.6 is 0 Å². The van der Waals surface area contributed by atoms with Crippen LogP contribution in [0, 0.1) is 0 Å². The Balaban J connectivity index is 2.19. The molecule has 0 bridgehead atoms. The molecule has 0 fully saturated rings. The lowest BCUT2D eigenvalue weighted by atomic mass is 10.0. The van der Waals surface area contributed by atoms with Gasteiger partial charge in [0.25, 0.3) is 5.91 Å². The van der Waals surface area contributed by atoms with Gasteiger partial charge in [0.15, 0.2) is 5.71 Å². The molecule has 26 heavy (non-hydrogen) atoms. The smallest absolute Gasteiger partial charge is 0.273 e. The highest BCUT2D eigenvalue weighted by molar-refractivity contribution is 6.45. The number of amides is 1. The van der Waals surface area contributed by atoms with Gasteiger partial charge >= 0.3 is 0 Å². The van der Waals surface area contributed by atoms with Gasteiger partial charge in [0.1, 0.15) is 19.5 Å². The minimum atomic E-state index is -0.362. The van der Waals surface area contributed by atoms with Crippen LogP contribution in [0.3, 0.4) is 0 Å². The third-order valence-electron chi connectivity index (χ3n) is 3.58. The summed E-state index contributed by atoms with van der Waals surface area (Å²) in [6, 6.07) is 14.0. The van der Waals surface area contributed by atoms with E-state index in [-0.39, 0.29) is 24.0 Å². The number of rotatable bonds is 7. The first-order valence-corrected chi connectivity index (χ1v) is 7.94. The van der Waals surface area contributed by atoms with Gasteiger partial charge < -0.3 is 20.1 Å². The Morgan fingerprint density at radius 1 is 1.15 bits per heavy atom. The van der Waals surface area contributed by atoms with Crippen molar-refractivity contribution in [1.82, 2.24) is 5.32 Å². The van der Waals surface area contributed by atoms with E-state index in [0.29, 0.717) is 11.3 Å². The number of nitrogens with zero attached hydrogens (tertiary/aromatic N) is 2. The van der Waals surface area contributed by atoms with E-state index in [1.807, 2.05) is 18.2 Å². The van der Waals surface area contributed by atoms with E-state index in [0.717, 1.165) is 11.1 Å². The van der Waals surface area contributed by atoms with Crippen LogP contribution < -0.4 is 5.32 Å². The molecule has 0 saturated carbocycles. The molecule has 0 unspecified atom stereocenters. The predicted molar refractivity (Wildman–Crippen MR) is 99.2 cm³/mol. The summed E-state index contributed by atoms with van der Waals surface area (Å²) in [4.78, 5) is 22.3. The largest absolute Gasteiger partial charge is 0.508 e. The maximum Gasteiger partial charge on any atom is 0.273 e. The molecule has 0 heterocycles. The summed E-state index contributed by atoms with van der Waals surface area (Å²) >= 11 is 0. The molecule has 2 aromatic carbocycles. The molecule has 2 N–H and O–H groups in total. The van der Waals surface area contributed by atoms with Gasteiger partial charge in [-0.1, -0.05) is 46.7 Å². The SMILES string of the molecule is CNC(=O)/C(=N/OC)c1ccccc1CO/N=C(\C)c1cccc(O)c1. The van der Waals surface area contributed by atoms with Crippen LogP contribution in [0.2, 0.25) is 0 Å². The first-order chi connectivity index (χ1) is 12.6. The van der Waals surface area contributed by atoms with Crippen molar-refractivity contribution in [2.24, 2.45) is 10.3 Å². The van der Waals surface area contributed by atoms with Crippen LogP contribution in [0.4, 0.5) is 0 Å². The first-order valence-electron chi connectivity index (χ1n) is 7.94. The van der Waals surface area contributed by atoms with Crippen molar-refractivity contribution in [2.45, 2.75) is 13.5 Å². The van der Waals surface area contributed by atoms with Crippen molar-refractivity contribution in [3.05, 3.63) is 65.2 Å². The first kappa shape index (κ1) is 19.0. The number of carbonyl (C=O) groups excluding carboxylic acids is 1. The van der Waals surface area contributed by atoms with Crippen molar-refractivity contribution in [2.75, 3.05) is 14.2 Å². The molecule has 0 atom stereocenters. The lowest BCUT2D eigenvalue weighted by Gasteiger charge is -2.10. The Morgan fingerprint density at radius 3 is 2.62 bits per heavy atom. The van der Waals surface area contributed by atoms with Crippen LogP contribution in [0.1, 0.15) is 23.6 Å². The van der Waals surface area contributed by atoms with Crippen LogP contribution in [-0.2, 0) is 21.1 Å². The number of carbonyl (C=O) groups is 1. The lowest BCUT2D eigenvalue weighted by Crippen LogP contribution is -2.29.